The summed E-state index contributed by atoms with van der Waals surface area (Å²) in [6.45, 7) is 5.06. The van der Waals surface area contributed by atoms with Gasteiger partial charge in [-0.1, -0.05) is 48.5 Å². The Labute approximate surface area is 166 Å². The molecule has 5 heteroatoms. The number of aromatic nitrogens is 1. The van der Waals surface area contributed by atoms with Gasteiger partial charge in [0.25, 0.3) is 0 Å². The van der Waals surface area contributed by atoms with E-state index in [9.17, 15) is 4.79 Å². The molecule has 1 aliphatic heterocycles. The Morgan fingerprint density at radius 2 is 1.71 bits per heavy atom. The number of pyridine rings is 1. The van der Waals surface area contributed by atoms with E-state index in [2.05, 4.69) is 39.5 Å². The van der Waals surface area contributed by atoms with Crippen molar-refractivity contribution in [3.05, 3.63) is 72.4 Å². The van der Waals surface area contributed by atoms with Crippen LogP contribution in [0.2, 0.25) is 0 Å². The van der Waals surface area contributed by atoms with Gasteiger partial charge < -0.3 is 10.2 Å². The predicted octanol–water partition coefficient (Wildman–Crippen LogP) is 3.38. The maximum absolute atomic E-state index is 12.6. The smallest absolute Gasteiger partial charge is 0.224 e. The molecule has 0 bridgehead atoms. The molecule has 0 radical (unpaired) electrons. The standard InChI is InChI=1S/C23H26N4O/c28-22(11-13-24-21-10-4-8-20-9-5-12-25-23(20)21)27-16-14-26(15-17-27)18-19-6-2-1-3-7-19/h1-10,12,24H,11,13-18H2. The second-order valence-corrected chi connectivity index (χ2v) is 7.20. The third-order valence-electron chi connectivity index (χ3n) is 5.26. The molecular formula is C23H26N4O. The highest BCUT2D eigenvalue weighted by atomic mass is 16.2. The Morgan fingerprint density at radius 3 is 2.54 bits per heavy atom. The molecule has 2 aromatic carbocycles. The van der Waals surface area contributed by atoms with Gasteiger partial charge in [0.05, 0.1) is 11.2 Å². The van der Waals surface area contributed by atoms with Crippen LogP contribution in [0, 0.1) is 0 Å². The first-order valence-electron chi connectivity index (χ1n) is 9.91. The molecule has 1 aromatic heterocycles. The number of rotatable bonds is 6. The number of nitrogens with one attached hydrogen (secondary N) is 1. The number of carbonyl (C=O) groups is 1. The second-order valence-electron chi connectivity index (χ2n) is 7.20. The van der Waals surface area contributed by atoms with Gasteiger partial charge >= 0.3 is 0 Å². The van der Waals surface area contributed by atoms with Crippen molar-refractivity contribution in [1.82, 2.24) is 14.8 Å². The summed E-state index contributed by atoms with van der Waals surface area (Å²) in [6.07, 6.45) is 2.30. The second kappa shape index (κ2) is 8.85. The van der Waals surface area contributed by atoms with Crippen LogP contribution < -0.4 is 5.32 Å². The summed E-state index contributed by atoms with van der Waals surface area (Å²) in [5.41, 5.74) is 3.26. The quantitative estimate of drug-likeness (QED) is 0.719. The van der Waals surface area contributed by atoms with Gasteiger partial charge in [-0.2, -0.15) is 0 Å². The molecule has 5 nitrogen and oxygen atoms in total. The zero-order valence-corrected chi connectivity index (χ0v) is 16.1. The summed E-state index contributed by atoms with van der Waals surface area (Å²) < 4.78 is 0. The molecule has 28 heavy (non-hydrogen) atoms. The van der Waals surface area contributed by atoms with Gasteiger partial charge in [-0.05, 0) is 17.7 Å². The molecule has 0 unspecified atom stereocenters. The molecule has 1 N–H and O–H groups in total. The van der Waals surface area contributed by atoms with Gasteiger partial charge in [-0.25, -0.2) is 0 Å². The van der Waals surface area contributed by atoms with Crippen molar-refractivity contribution < 1.29 is 4.79 Å². The molecular weight excluding hydrogens is 348 g/mol. The average molecular weight is 374 g/mol. The fourth-order valence-electron chi connectivity index (χ4n) is 3.71. The van der Waals surface area contributed by atoms with Crippen LogP contribution in [0.15, 0.2) is 66.9 Å². The van der Waals surface area contributed by atoms with Crippen LogP contribution in [0.3, 0.4) is 0 Å². The Bertz CT molecular complexity index is 915. The number of carbonyl (C=O) groups excluding carboxylic acids is 1. The highest BCUT2D eigenvalue weighted by Crippen LogP contribution is 2.20. The molecule has 0 spiro atoms. The van der Waals surface area contributed by atoms with Crippen LogP contribution in [0.25, 0.3) is 10.9 Å². The summed E-state index contributed by atoms with van der Waals surface area (Å²) in [4.78, 5) is 21.4. The maximum Gasteiger partial charge on any atom is 0.224 e. The number of hydrogen-bond acceptors (Lipinski definition) is 4. The van der Waals surface area contributed by atoms with Crippen LogP contribution in [0.5, 0.6) is 0 Å². The molecule has 0 atom stereocenters. The minimum absolute atomic E-state index is 0.222. The highest BCUT2D eigenvalue weighted by molar-refractivity contribution is 5.90. The summed E-state index contributed by atoms with van der Waals surface area (Å²) in [5, 5.41) is 4.48. The van der Waals surface area contributed by atoms with Crippen LogP contribution in [-0.4, -0.2) is 53.4 Å². The summed E-state index contributed by atoms with van der Waals surface area (Å²) in [6, 6.07) is 20.6. The lowest BCUT2D eigenvalue weighted by Crippen LogP contribution is -2.48. The third-order valence-corrected chi connectivity index (χ3v) is 5.26. The van der Waals surface area contributed by atoms with Crippen molar-refractivity contribution in [1.29, 1.82) is 0 Å². The van der Waals surface area contributed by atoms with E-state index in [1.54, 1.807) is 6.20 Å². The van der Waals surface area contributed by atoms with E-state index in [1.807, 2.05) is 41.3 Å². The lowest BCUT2D eigenvalue weighted by atomic mass is 10.2. The normalized spacial score (nSPS) is 14.9. The number of fused-ring (bicyclic) bond motifs is 1. The zero-order valence-electron chi connectivity index (χ0n) is 16.1. The van der Waals surface area contributed by atoms with E-state index < -0.39 is 0 Å². The van der Waals surface area contributed by atoms with E-state index in [4.69, 9.17) is 0 Å². The molecule has 0 saturated carbocycles. The fourth-order valence-corrected chi connectivity index (χ4v) is 3.71. The van der Waals surface area contributed by atoms with Crippen molar-refractivity contribution in [2.45, 2.75) is 13.0 Å². The Balaban J connectivity index is 1.24. The first kappa shape index (κ1) is 18.4. The van der Waals surface area contributed by atoms with E-state index in [0.717, 1.165) is 49.3 Å². The minimum Gasteiger partial charge on any atom is -0.383 e. The van der Waals surface area contributed by atoms with E-state index >= 15 is 0 Å². The highest BCUT2D eigenvalue weighted by Gasteiger charge is 2.20. The number of nitrogens with zero attached hydrogens (tertiary/aromatic N) is 3. The number of amides is 1. The van der Waals surface area contributed by atoms with E-state index in [1.165, 1.54) is 5.56 Å². The molecule has 1 fully saturated rings. The monoisotopic (exact) mass is 374 g/mol. The summed E-state index contributed by atoms with van der Waals surface area (Å²) in [5.74, 6) is 0.222. The zero-order chi connectivity index (χ0) is 19.2. The van der Waals surface area contributed by atoms with Crippen molar-refractivity contribution in [3.8, 4) is 0 Å². The number of piperazine rings is 1. The van der Waals surface area contributed by atoms with E-state index in [0.29, 0.717) is 13.0 Å². The third kappa shape index (κ3) is 4.49. The van der Waals surface area contributed by atoms with Crippen molar-refractivity contribution in [2.24, 2.45) is 0 Å². The number of benzene rings is 2. The van der Waals surface area contributed by atoms with Gasteiger partial charge in [0.15, 0.2) is 0 Å². The maximum atomic E-state index is 12.6. The van der Waals surface area contributed by atoms with Gasteiger partial charge in [-0.15, -0.1) is 0 Å². The number of para-hydroxylation sites is 1. The van der Waals surface area contributed by atoms with E-state index in [-0.39, 0.29) is 5.91 Å². The molecule has 4 rings (SSSR count). The Kier molecular flexibility index (Phi) is 5.83. The molecule has 2 heterocycles. The Hall–Kier alpha value is -2.92. The lowest BCUT2D eigenvalue weighted by Gasteiger charge is -2.34. The SMILES string of the molecule is O=C(CCNc1cccc2cccnc12)N1CCN(Cc2ccccc2)CC1. The van der Waals surface area contributed by atoms with Gasteiger partial charge in [0.1, 0.15) is 0 Å². The van der Waals surface area contributed by atoms with Gasteiger partial charge in [-0.3, -0.25) is 14.7 Å². The molecule has 144 valence electrons. The average Bonchev–Trinajstić information content (AvgIpc) is 2.75. The lowest BCUT2D eigenvalue weighted by molar-refractivity contribution is -0.132. The topological polar surface area (TPSA) is 48.5 Å². The van der Waals surface area contributed by atoms with Crippen molar-refractivity contribution in [3.63, 3.8) is 0 Å². The Morgan fingerprint density at radius 1 is 0.929 bits per heavy atom. The molecule has 3 aromatic rings. The van der Waals surface area contributed by atoms with Crippen LogP contribution in [-0.2, 0) is 11.3 Å². The fraction of sp³-hybridized carbons (Fsp3) is 0.304. The van der Waals surface area contributed by atoms with Crippen molar-refractivity contribution in [2.75, 3.05) is 38.0 Å². The first-order valence-corrected chi connectivity index (χ1v) is 9.91. The molecule has 1 amide bonds. The number of anilines is 1. The molecule has 1 saturated heterocycles. The molecule has 0 aliphatic carbocycles. The van der Waals surface area contributed by atoms with Crippen LogP contribution in [0.4, 0.5) is 5.69 Å². The largest absolute Gasteiger partial charge is 0.383 e. The van der Waals surface area contributed by atoms with Crippen LogP contribution in [0.1, 0.15) is 12.0 Å². The van der Waals surface area contributed by atoms with Crippen LogP contribution >= 0.6 is 0 Å². The van der Waals surface area contributed by atoms with Gasteiger partial charge in [0, 0.05) is 57.3 Å². The summed E-state index contributed by atoms with van der Waals surface area (Å²) in [7, 11) is 0. The molecule has 1 aliphatic rings. The van der Waals surface area contributed by atoms with Gasteiger partial charge in [0.2, 0.25) is 5.91 Å². The first-order chi connectivity index (χ1) is 13.8. The minimum atomic E-state index is 0.222. The number of hydrogen-bond donors (Lipinski definition) is 1. The summed E-state index contributed by atoms with van der Waals surface area (Å²) >= 11 is 0. The van der Waals surface area contributed by atoms with Crippen molar-refractivity contribution >= 4 is 22.5 Å². The predicted molar refractivity (Wildman–Crippen MR) is 113 cm³/mol.